The molecule has 0 spiro atoms. The Morgan fingerprint density at radius 2 is 1.59 bits per heavy atom. The summed E-state index contributed by atoms with van der Waals surface area (Å²) in [6.07, 6.45) is 2.51. The number of halogens is 1. The molecule has 5 heteroatoms. The van der Waals surface area contributed by atoms with Crippen LogP contribution in [0.25, 0.3) is 0 Å². The Hall–Kier alpha value is -1.69. The molecular formula is C22H28BrN3O. The lowest BCUT2D eigenvalue weighted by molar-refractivity contribution is -0.134. The first-order valence-corrected chi connectivity index (χ1v) is 10.3. The Balaban J connectivity index is 1.75. The fourth-order valence-corrected chi connectivity index (χ4v) is 3.85. The SMILES string of the molecule is CN1CCC(N(Cc2ccc(CN)cc2)C(=O)Cc2ccc(Br)cc2)CC1. The van der Waals surface area contributed by atoms with E-state index in [0.717, 1.165) is 47.1 Å². The van der Waals surface area contributed by atoms with E-state index in [4.69, 9.17) is 5.73 Å². The fraction of sp³-hybridized carbons (Fsp3) is 0.409. The number of carbonyl (C=O) groups is 1. The number of nitrogens with zero attached hydrogens (tertiary/aromatic N) is 2. The van der Waals surface area contributed by atoms with Crippen molar-refractivity contribution in [3.8, 4) is 0 Å². The Morgan fingerprint density at radius 1 is 1.04 bits per heavy atom. The van der Waals surface area contributed by atoms with Gasteiger partial charge < -0.3 is 15.5 Å². The van der Waals surface area contributed by atoms with Gasteiger partial charge in [0.2, 0.25) is 5.91 Å². The van der Waals surface area contributed by atoms with Gasteiger partial charge in [-0.05, 0) is 61.8 Å². The highest BCUT2D eigenvalue weighted by molar-refractivity contribution is 9.10. The molecule has 0 radical (unpaired) electrons. The molecule has 0 bridgehead atoms. The number of amides is 1. The molecule has 1 heterocycles. The molecule has 2 N–H and O–H groups in total. The Bertz CT molecular complexity index is 737. The highest BCUT2D eigenvalue weighted by Crippen LogP contribution is 2.21. The van der Waals surface area contributed by atoms with E-state index in [0.29, 0.717) is 25.6 Å². The predicted molar refractivity (Wildman–Crippen MR) is 113 cm³/mol. The van der Waals surface area contributed by atoms with Crippen LogP contribution in [-0.4, -0.2) is 41.9 Å². The van der Waals surface area contributed by atoms with E-state index in [9.17, 15) is 4.79 Å². The minimum atomic E-state index is 0.203. The first-order chi connectivity index (χ1) is 13.0. The number of piperidine rings is 1. The molecule has 1 aliphatic rings. The van der Waals surface area contributed by atoms with Crippen LogP contribution < -0.4 is 5.73 Å². The van der Waals surface area contributed by atoms with Crippen molar-refractivity contribution in [2.24, 2.45) is 5.73 Å². The molecule has 0 atom stereocenters. The van der Waals surface area contributed by atoms with Gasteiger partial charge in [-0.2, -0.15) is 0 Å². The van der Waals surface area contributed by atoms with Crippen LogP contribution in [0, 0.1) is 0 Å². The fourth-order valence-electron chi connectivity index (χ4n) is 3.58. The first kappa shape index (κ1) is 20.1. The number of hydrogen-bond donors (Lipinski definition) is 1. The maximum absolute atomic E-state index is 13.2. The smallest absolute Gasteiger partial charge is 0.227 e. The molecule has 4 nitrogen and oxygen atoms in total. The van der Waals surface area contributed by atoms with Gasteiger partial charge >= 0.3 is 0 Å². The van der Waals surface area contributed by atoms with Crippen LogP contribution in [0.5, 0.6) is 0 Å². The lowest BCUT2D eigenvalue weighted by Crippen LogP contribution is -2.46. The number of rotatable bonds is 6. The van der Waals surface area contributed by atoms with Crippen molar-refractivity contribution < 1.29 is 4.79 Å². The maximum Gasteiger partial charge on any atom is 0.227 e. The van der Waals surface area contributed by atoms with Crippen LogP contribution in [-0.2, 0) is 24.3 Å². The molecule has 1 saturated heterocycles. The topological polar surface area (TPSA) is 49.6 Å². The van der Waals surface area contributed by atoms with Gasteiger partial charge in [0.1, 0.15) is 0 Å². The van der Waals surface area contributed by atoms with Crippen molar-refractivity contribution in [3.05, 3.63) is 69.7 Å². The van der Waals surface area contributed by atoms with E-state index in [-0.39, 0.29) is 5.91 Å². The minimum absolute atomic E-state index is 0.203. The lowest BCUT2D eigenvalue weighted by atomic mass is 10.0. The van der Waals surface area contributed by atoms with E-state index in [1.165, 1.54) is 0 Å². The number of benzene rings is 2. The maximum atomic E-state index is 13.2. The molecule has 27 heavy (non-hydrogen) atoms. The summed E-state index contributed by atoms with van der Waals surface area (Å²) in [6, 6.07) is 16.6. The largest absolute Gasteiger partial charge is 0.335 e. The van der Waals surface area contributed by atoms with Crippen LogP contribution in [0.1, 0.15) is 29.5 Å². The minimum Gasteiger partial charge on any atom is -0.335 e. The van der Waals surface area contributed by atoms with Gasteiger partial charge in [0.15, 0.2) is 0 Å². The van der Waals surface area contributed by atoms with Crippen molar-refractivity contribution >= 4 is 21.8 Å². The Kier molecular flexibility index (Phi) is 7.05. The zero-order valence-corrected chi connectivity index (χ0v) is 17.5. The van der Waals surface area contributed by atoms with E-state index in [1.54, 1.807) is 0 Å². The highest BCUT2D eigenvalue weighted by Gasteiger charge is 2.27. The average Bonchev–Trinajstić information content (AvgIpc) is 2.69. The zero-order chi connectivity index (χ0) is 19.2. The van der Waals surface area contributed by atoms with Crippen molar-refractivity contribution in [2.45, 2.75) is 38.4 Å². The summed E-state index contributed by atoms with van der Waals surface area (Å²) >= 11 is 3.46. The van der Waals surface area contributed by atoms with Crippen LogP contribution >= 0.6 is 15.9 Å². The van der Waals surface area contributed by atoms with E-state index in [1.807, 2.05) is 24.3 Å². The van der Waals surface area contributed by atoms with Gasteiger partial charge in [-0.15, -0.1) is 0 Å². The summed E-state index contributed by atoms with van der Waals surface area (Å²) in [5.74, 6) is 0.203. The first-order valence-electron chi connectivity index (χ1n) is 9.55. The van der Waals surface area contributed by atoms with Crippen LogP contribution in [0.15, 0.2) is 53.0 Å². The second kappa shape index (κ2) is 9.49. The summed E-state index contributed by atoms with van der Waals surface area (Å²) in [7, 11) is 2.15. The second-order valence-electron chi connectivity index (χ2n) is 7.38. The van der Waals surface area contributed by atoms with Gasteiger partial charge in [0.25, 0.3) is 0 Å². The molecule has 1 aliphatic heterocycles. The summed E-state index contributed by atoms with van der Waals surface area (Å²) in [5, 5.41) is 0. The third kappa shape index (κ3) is 5.64. The molecular weight excluding hydrogens is 402 g/mol. The Morgan fingerprint density at radius 3 is 2.19 bits per heavy atom. The molecule has 0 saturated carbocycles. The van der Waals surface area contributed by atoms with Crippen molar-refractivity contribution in [1.29, 1.82) is 0 Å². The third-order valence-corrected chi connectivity index (χ3v) is 5.86. The monoisotopic (exact) mass is 429 g/mol. The molecule has 1 fully saturated rings. The Labute approximate surface area is 170 Å². The predicted octanol–water partition coefficient (Wildman–Crippen LogP) is 3.57. The molecule has 144 valence electrons. The molecule has 0 unspecified atom stereocenters. The summed E-state index contributed by atoms with van der Waals surface area (Å²) in [5.41, 5.74) is 9.04. The second-order valence-corrected chi connectivity index (χ2v) is 8.30. The van der Waals surface area contributed by atoms with E-state index in [2.05, 4.69) is 57.0 Å². The molecule has 0 aliphatic carbocycles. The third-order valence-electron chi connectivity index (χ3n) is 5.33. The molecule has 3 rings (SSSR count). The summed E-state index contributed by atoms with van der Waals surface area (Å²) in [4.78, 5) is 17.6. The quantitative estimate of drug-likeness (QED) is 0.763. The molecule has 2 aromatic carbocycles. The van der Waals surface area contributed by atoms with Crippen molar-refractivity contribution in [3.63, 3.8) is 0 Å². The van der Waals surface area contributed by atoms with Crippen molar-refractivity contribution in [1.82, 2.24) is 9.80 Å². The zero-order valence-electron chi connectivity index (χ0n) is 15.9. The molecule has 1 amide bonds. The average molecular weight is 430 g/mol. The number of likely N-dealkylation sites (tertiary alicyclic amines) is 1. The molecule has 0 aromatic heterocycles. The normalized spacial score (nSPS) is 15.7. The molecule has 2 aromatic rings. The number of nitrogens with two attached hydrogens (primary N) is 1. The van der Waals surface area contributed by atoms with Gasteiger partial charge in [-0.25, -0.2) is 0 Å². The van der Waals surface area contributed by atoms with Crippen molar-refractivity contribution in [2.75, 3.05) is 20.1 Å². The summed E-state index contributed by atoms with van der Waals surface area (Å²) in [6.45, 7) is 3.29. The van der Waals surface area contributed by atoms with Crippen LogP contribution in [0.3, 0.4) is 0 Å². The standard InChI is InChI=1S/C22H28BrN3O/c1-25-12-10-21(11-13-25)26(16-19-4-2-18(15-24)3-5-19)22(27)14-17-6-8-20(23)9-7-17/h2-9,21H,10-16,24H2,1H3. The van der Waals surface area contributed by atoms with Crippen LogP contribution in [0.2, 0.25) is 0 Å². The van der Waals surface area contributed by atoms with E-state index >= 15 is 0 Å². The summed E-state index contributed by atoms with van der Waals surface area (Å²) < 4.78 is 1.03. The highest BCUT2D eigenvalue weighted by atomic mass is 79.9. The van der Waals surface area contributed by atoms with E-state index < -0.39 is 0 Å². The van der Waals surface area contributed by atoms with Gasteiger partial charge in [-0.1, -0.05) is 52.3 Å². The van der Waals surface area contributed by atoms with Crippen LogP contribution in [0.4, 0.5) is 0 Å². The van der Waals surface area contributed by atoms with Gasteiger partial charge in [-0.3, -0.25) is 4.79 Å². The number of hydrogen-bond acceptors (Lipinski definition) is 3. The number of carbonyl (C=O) groups excluding carboxylic acids is 1. The van der Waals surface area contributed by atoms with Gasteiger partial charge in [0, 0.05) is 23.6 Å². The lowest BCUT2D eigenvalue weighted by Gasteiger charge is -2.37. The van der Waals surface area contributed by atoms with Gasteiger partial charge in [0.05, 0.1) is 6.42 Å².